The van der Waals surface area contributed by atoms with Crippen LogP contribution in [-0.4, -0.2) is 0 Å². The molecule has 0 unspecified atom stereocenters. The molecule has 0 N–H and O–H groups in total. The summed E-state index contributed by atoms with van der Waals surface area (Å²) in [5.74, 6) is 0. The average Bonchev–Trinajstić information content (AvgIpc) is 3.34. The molecule has 0 aliphatic rings. The lowest BCUT2D eigenvalue weighted by molar-refractivity contribution is 1.64. The topological polar surface area (TPSA) is 0 Å². The number of benzene rings is 12. The Labute approximate surface area is 325 Å². The fourth-order valence-corrected chi connectivity index (χ4v) is 7.89. The van der Waals surface area contributed by atoms with Crippen LogP contribution < -0.4 is 0 Å². The van der Waals surface area contributed by atoms with Gasteiger partial charge in [0, 0.05) is 0 Å². The molecule has 0 heteroatoms. The zero-order chi connectivity index (χ0) is 49.6. The predicted octanol–water partition coefficient (Wildman–Crippen LogP) is 14.8. The summed E-state index contributed by atoms with van der Waals surface area (Å²) in [6.07, 6.45) is 0. The van der Waals surface area contributed by atoms with Gasteiger partial charge in [0.1, 0.15) is 0 Å². The predicted molar refractivity (Wildman–Crippen MR) is 225 cm³/mol. The van der Waals surface area contributed by atoms with Crippen LogP contribution in [0, 0.1) is 0 Å². The highest BCUT2D eigenvalue weighted by atomic mass is 14.2. The molecule has 0 saturated heterocycles. The van der Waals surface area contributed by atoms with Gasteiger partial charge in [-0.2, -0.15) is 0 Å². The van der Waals surface area contributed by atoms with Gasteiger partial charge in [0.2, 0.25) is 0 Å². The highest BCUT2D eigenvalue weighted by Crippen LogP contribution is 2.46. The van der Waals surface area contributed by atoms with Gasteiger partial charge in [0.05, 0.1) is 24.7 Å². The van der Waals surface area contributed by atoms with E-state index in [2.05, 4.69) is 0 Å². The molecule has 0 spiro atoms. The first kappa shape index (κ1) is 16.1. The van der Waals surface area contributed by atoms with Crippen molar-refractivity contribution in [1.82, 2.24) is 0 Å². The summed E-state index contributed by atoms with van der Waals surface area (Å²) < 4.78 is 165. The molecule has 0 saturated carbocycles. The van der Waals surface area contributed by atoms with Crippen molar-refractivity contribution in [3.8, 4) is 33.4 Å². The maximum atomic E-state index is 9.71. The monoisotopic (exact) mass is 672 g/mol. The minimum Gasteiger partial charge on any atom is -0.0616 e. The summed E-state index contributed by atoms with van der Waals surface area (Å²) >= 11 is 0. The van der Waals surface area contributed by atoms with E-state index >= 15 is 0 Å². The summed E-state index contributed by atoms with van der Waals surface area (Å²) in [4.78, 5) is 0. The van der Waals surface area contributed by atoms with Crippen LogP contribution in [0.5, 0.6) is 0 Å². The molecule has 0 aromatic heterocycles. The van der Waals surface area contributed by atoms with Crippen molar-refractivity contribution < 1.29 is 24.7 Å². The van der Waals surface area contributed by atoms with Gasteiger partial charge in [-0.3, -0.25) is 0 Å². The molecular weight excluding hydrogens is 625 g/mol. The second-order valence-electron chi connectivity index (χ2n) is 13.0. The van der Waals surface area contributed by atoms with E-state index in [1.165, 1.54) is 0 Å². The van der Waals surface area contributed by atoms with Crippen LogP contribution in [0.2, 0.25) is 0 Å². The molecule has 0 aliphatic carbocycles. The standard InChI is InChI=1S/C52H30/c1-2-8-38-29-48(43-24-20-36-18-16-32-11-6-13-34-22-26-45(43)52(36)50(32)34)46(28-37(38)7-1)40-27-39-9-3-4-14-41(39)47(30-40)42-23-19-35-17-15-31-10-5-12-33-21-25-44(42)51(35)49(31)33/h1-30H/i5D,6D,10D,11D,12D,13D,15D,16D,17D,18D,19D,20D,21D,22D,23D,24D,25D,26D. The molecule has 0 amide bonds. The van der Waals surface area contributed by atoms with E-state index in [4.69, 9.17) is 13.7 Å². The lowest BCUT2D eigenvalue weighted by Gasteiger charge is -2.19. The van der Waals surface area contributed by atoms with Gasteiger partial charge >= 0.3 is 0 Å². The lowest BCUT2D eigenvalue weighted by Crippen LogP contribution is -1.92. The third-order valence-corrected chi connectivity index (χ3v) is 10.2. The van der Waals surface area contributed by atoms with Crippen LogP contribution in [0.1, 0.15) is 24.7 Å². The van der Waals surface area contributed by atoms with E-state index in [9.17, 15) is 11.0 Å². The summed E-state index contributed by atoms with van der Waals surface area (Å²) in [6.45, 7) is 0. The van der Waals surface area contributed by atoms with Crippen molar-refractivity contribution in [2.45, 2.75) is 0 Å². The van der Waals surface area contributed by atoms with Gasteiger partial charge in [-0.25, -0.2) is 0 Å². The maximum Gasteiger partial charge on any atom is 0.0630 e. The van der Waals surface area contributed by atoms with Crippen LogP contribution in [0.4, 0.5) is 0 Å². The Hall–Kier alpha value is -6.76. The number of rotatable bonds is 3. The summed E-state index contributed by atoms with van der Waals surface area (Å²) in [5.41, 5.74) is 1.53. The van der Waals surface area contributed by atoms with Crippen molar-refractivity contribution >= 4 is 86.2 Å². The minimum atomic E-state index is -0.580. The minimum absolute atomic E-state index is 0.00798. The van der Waals surface area contributed by atoms with E-state index in [1.54, 1.807) is 30.3 Å². The van der Waals surface area contributed by atoms with E-state index in [0.717, 1.165) is 5.39 Å². The van der Waals surface area contributed by atoms with Gasteiger partial charge in [0.25, 0.3) is 0 Å². The Morgan fingerprint density at radius 3 is 1.29 bits per heavy atom. The van der Waals surface area contributed by atoms with Crippen molar-refractivity contribution in [1.29, 1.82) is 0 Å². The van der Waals surface area contributed by atoms with Crippen molar-refractivity contribution in [2.75, 3.05) is 0 Å². The van der Waals surface area contributed by atoms with Crippen LogP contribution in [0.15, 0.2) is 182 Å². The maximum absolute atomic E-state index is 9.71. The van der Waals surface area contributed by atoms with Crippen LogP contribution in [-0.2, 0) is 0 Å². The van der Waals surface area contributed by atoms with Crippen LogP contribution in [0.25, 0.3) is 120 Å². The first-order valence-electron chi connectivity index (χ1n) is 25.7. The number of fused-ring (bicyclic) bond motifs is 2. The quantitative estimate of drug-likeness (QED) is 0.164. The molecular formula is C52H30. The van der Waals surface area contributed by atoms with Gasteiger partial charge in [0.15, 0.2) is 0 Å². The Morgan fingerprint density at radius 2 is 0.712 bits per heavy atom. The Balaban J connectivity index is 1.27. The zero-order valence-electron chi connectivity index (χ0n) is 44.9. The van der Waals surface area contributed by atoms with Crippen molar-refractivity contribution in [2.24, 2.45) is 0 Å². The van der Waals surface area contributed by atoms with E-state index < -0.39 is 109 Å². The number of hydrogen-bond acceptors (Lipinski definition) is 0. The SMILES string of the molecule is [2H]c1c([2H])c2c([2H])c([2H])c3c([2H])c([2H])c(-c4cc5ccccc5cc4-c4cc(-c5c([2H])c([2H])c6c([2H])c([2H])c7c([2H])c([2H])c([2H])c8c([2H])c([2H])c5c6c78)c5ccccc5c4)c4c([2H])c([2H])c(c1[2H])c2c34. The molecule has 0 heterocycles. The summed E-state index contributed by atoms with van der Waals surface area (Å²) in [7, 11) is 0. The first-order valence-corrected chi connectivity index (χ1v) is 16.7. The van der Waals surface area contributed by atoms with Crippen molar-refractivity contribution in [3.05, 3.63) is 182 Å². The van der Waals surface area contributed by atoms with Crippen LogP contribution >= 0.6 is 0 Å². The van der Waals surface area contributed by atoms with Gasteiger partial charge in [-0.15, -0.1) is 0 Å². The Kier molecular flexibility index (Phi) is 3.21. The fourth-order valence-electron chi connectivity index (χ4n) is 7.89. The zero-order valence-corrected chi connectivity index (χ0v) is 26.9. The largest absolute Gasteiger partial charge is 0.0630 e. The number of hydrogen-bond donors (Lipinski definition) is 0. The highest BCUT2D eigenvalue weighted by molar-refractivity contribution is 6.27. The molecule has 0 radical (unpaired) electrons. The second kappa shape index (κ2) is 10.4. The normalized spacial score (nSPS) is 17.1. The van der Waals surface area contributed by atoms with E-state index in [0.29, 0.717) is 38.4 Å². The van der Waals surface area contributed by atoms with Gasteiger partial charge in [-0.05, 0) is 144 Å². The molecule has 0 aliphatic heterocycles. The molecule has 238 valence electrons. The smallest absolute Gasteiger partial charge is 0.0616 e. The lowest BCUT2D eigenvalue weighted by atomic mass is 9.84. The molecule has 0 bridgehead atoms. The van der Waals surface area contributed by atoms with Gasteiger partial charge < -0.3 is 0 Å². The fraction of sp³-hybridized carbons (Fsp3) is 0. The Bertz CT molecular complexity index is 4400. The Morgan fingerprint density at radius 1 is 0.269 bits per heavy atom. The molecule has 12 aromatic rings. The van der Waals surface area contributed by atoms with Crippen molar-refractivity contribution in [3.63, 3.8) is 0 Å². The first-order chi connectivity index (χ1) is 33.3. The summed E-state index contributed by atoms with van der Waals surface area (Å²) in [6, 6.07) is 12.9. The highest BCUT2D eigenvalue weighted by Gasteiger charge is 2.19. The molecule has 12 aromatic carbocycles. The third-order valence-electron chi connectivity index (χ3n) is 10.2. The molecule has 0 nitrogen and oxygen atoms in total. The molecule has 0 atom stereocenters. The summed E-state index contributed by atoms with van der Waals surface area (Å²) in [5, 5.41) is 1.58. The second-order valence-corrected chi connectivity index (χ2v) is 13.0. The third kappa shape index (κ3) is 3.87. The van der Waals surface area contributed by atoms with Crippen LogP contribution in [0.3, 0.4) is 0 Å². The molecule has 12 rings (SSSR count). The molecule has 52 heavy (non-hydrogen) atoms. The van der Waals surface area contributed by atoms with E-state index in [1.807, 2.05) is 42.5 Å². The average molecular weight is 673 g/mol. The molecule has 0 fully saturated rings. The van der Waals surface area contributed by atoms with Gasteiger partial charge in [-0.1, -0.05) is 157 Å². The van der Waals surface area contributed by atoms with E-state index in [-0.39, 0.29) is 75.8 Å².